The van der Waals surface area contributed by atoms with Gasteiger partial charge in [0.1, 0.15) is 0 Å². The van der Waals surface area contributed by atoms with Gasteiger partial charge in [-0.1, -0.05) is 19.1 Å². The van der Waals surface area contributed by atoms with Gasteiger partial charge in [0.15, 0.2) is 0 Å². The quantitative estimate of drug-likeness (QED) is 0.839. The summed E-state index contributed by atoms with van der Waals surface area (Å²) >= 11 is 0. The van der Waals surface area contributed by atoms with E-state index < -0.39 is 6.10 Å². The third-order valence-electron chi connectivity index (χ3n) is 3.67. The molecule has 17 heavy (non-hydrogen) atoms. The van der Waals surface area contributed by atoms with Crippen molar-refractivity contribution in [3.8, 4) is 0 Å². The average molecular weight is 234 g/mol. The summed E-state index contributed by atoms with van der Waals surface area (Å²) in [5, 5.41) is 10.1. The third kappa shape index (κ3) is 2.45. The molecular formula is C14H22N2O. The number of anilines is 1. The van der Waals surface area contributed by atoms with Crippen molar-refractivity contribution in [1.82, 2.24) is 0 Å². The maximum Gasteiger partial charge on any atom is 0.0940 e. The average Bonchev–Trinajstić information content (AvgIpc) is 2.37. The number of nitrogens with zero attached hydrogens (tertiary/aromatic N) is 1. The molecule has 1 aliphatic heterocycles. The highest BCUT2D eigenvalue weighted by molar-refractivity contribution is 5.56. The number of hydrogen-bond donors (Lipinski definition) is 2. The Kier molecular flexibility index (Phi) is 3.69. The van der Waals surface area contributed by atoms with Crippen LogP contribution in [-0.4, -0.2) is 24.7 Å². The molecule has 0 aromatic heterocycles. The molecule has 0 fully saturated rings. The van der Waals surface area contributed by atoms with E-state index in [-0.39, 0.29) is 6.04 Å². The van der Waals surface area contributed by atoms with Gasteiger partial charge in [0.25, 0.3) is 0 Å². The molecule has 0 saturated heterocycles. The van der Waals surface area contributed by atoms with Crippen LogP contribution >= 0.6 is 0 Å². The molecule has 0 spiro atoms. The van der Waals surface area contributed by atoms with Crippen LogP contribution in [0.1, 0.15) is 37.0 Å². The number of aryl methyl sites for hydroxylation is 1. The summed E-state index contributed by atoms with van der Waals surface area (Å²) in [7, 11) is 2.12. The Hall–Kier alpha value is -1.06. The molecule has 2 unspecified atom stereocenters. The van der Waals surface area contributed by atoms with Crippen molar-refractivity contribution in [2.45, 2.75) is 38.3 Å². The van der Waals surface area contributed by atoms with Gasteiger partial charge in [-0.25, -0.2) is 0 Å². The molecule has 1 aromatic carbocycles. The molecule has 0 amide bonds. The second-order valence-corrected chi connectivity index (χ2v) is 4.93. The van der Waals surface area contributed by atoms with E-state index in [0.717, 1.165) is 24.9 Å². The Labute approximate surface area is 103 Å². The zero-order chi connectivity index (χ0) is 12.4. The molecule has 0 bridgehead atoms. The fourth-order valence-electron chi connectivity index (χ4n) is 2.46. The van der Waals surface area contributed by atoms with Crippen molar-refractivity contribution < 1.29 is 5.11 Å². The molecule has 2 atom stereocenters. The maximum atomic E-state index is 10.1. The number of nitrogens with two attached hydrogens (primary N) is 1. The summed E-state index contributed by atoms with van der Waals surface area (Å²) in [5.74, 6) is 0. The molecule has 3 N–H and O–H groups in total. The summed E-state index contributed by atoms with van der Waals surface area (Å²) in [6.45, 7) is 3.11. The summed E-state index contributed by atoms with van der Waals surface area (Å²) in [6.07, 6.45) is 2.53. The molecule has 3 nitrogen and oxygen atoms in total. The first-order valence-electron chi connectivity index (χ1n) is 6.41. The first-order valence-corrected chi connectivity index (χ1v) is 6.41. The lowest BCUT2D eigenvalue weighted by Crippen LogP contribution is -2.28. The van der Waals surface area contributed by atoms with Crippen molar-refractivity contribution in [2.75, 3.05) is 18.5 Å². The van der Waals surface area contributed by atoms with Gasteiger partial charge in [0, 0.05) is 25.3 Å². The number of fused-ring (bicyclic) bond motifs is 1. The van der Waals surface area contributed by atoms with Crippen LogP contribution < -0.4 is 10.6 Å². The molecule has 1 aliphatic rings. The molecule has 2 rings (SSSR count). The summed E-state index contributed by atoms with van der Waals surface area (Å²) in [6, 6.07) is 6.05. The van der Waals surface area contributed by atoms with Gasteiger partial charge in [0.05, 0.1) is 6.10 Å². The van der Waals surface area contributed by atoms with Crippen LogP contribution in [0, 0.1) is 0 Å². The number of rotatable bonds is 3. The highest BCUT2D eigenvalue weighted by Gasteiger charge is 2.19. The van der Waals surface area contributed by atoms with Crippen molar-refractivity contribution >= 4 is 5.69 Å². The van der Waals surface area contributed by atoms with Crippen LogP contribution in [0.15, 0.2) is 18.2 Å². The Morgan fingerprint density at radius 2 is 2.24 bits per heavy atom. The van der Waals surface area contributed by atoms with Crippen LogP contribution in [0.3, 0.4) is 0 Å². The Balaban J connectivity index is 2.27. The van der Waals surface area contributed by atoms with E-state index in [1.165, 1.54) is 17.7 Å². The van der Waals surface area contributed by atoms with E-state index in [9.17, 15) is 5.11 Å². The van der Waals surface area contributed by atoms with Crippen molar-refractivity contribution in [1.29, 1.82) is 0 Å². The fourth-order valence-corrected chi connectivity index (χ4v) is 2.46. The molecule has 0 aliphatic carbocycles. The van der Waals surface area contributed by atoms with Gasteiger partial charge in [-0.3, -0.25) is 0 Å². The normalized spacial score (nSPS) is 18.7. The smallest absolute Gasteiger partial charge is 0.0940 e. The third-order valence-corrected chi connectivity index (χ3v) is 3.67. The minimum Gasteiger partial charge on any atom is -0.387 e. The zero-order valence-corrected chi connectivity index (χ0v) is 10.7. The van der Waals surface area contributed by atoms with Crippen LogP contribution in [0.4, 0.5) is 5.69 Å². The number of benzene rings is 1. The van der Waals surface area contributed by atoms with E-state index in [4.69, 9.17) is 5.73 Å². The second kappa shape index (κ2) is 5.07. The summed E-state index contributed by atoms with van der Waals surface area (Å²) in [5.41, 5.74) is 9.46. The monoisotopic (exact) mass is 234 g/mol. The Bertz CT molecular complexity index is 392. The Morgan fingerprint density at radius 1 is 1.47 bits per heavy atom. The minimum absolute atomic E-state index is 0.172. The van der Waals surface area contributed by atoms with Crippen molar-refractivity contribution in [3.63, 3.8) is 0 Å². The molecule has 1 aromatic rings. The van der Waals surface area contributed by atoms with Gasteiger partial charge < -0.3 is 15.7 Å². The summed E-state index contributed by atoms with van der Waals surface area (Å²) < 4.78 is 0. The molecule has 94 valence electrons. The lowest BCUT2D eigenvalue weighted by Gasteiger charge is -2.28. The number of hydrogen-bond acceptors (Lipinski definition) is 3. The van der Waals surface area contributed by atoms with Crippen LogP contribution in [0.5, 0.6) is 0 Å². The van der Waals surface area contributed by atoms with Gasteiger partial charge >= 0.3 is 0 Å². The predicted molar refractivity (Wildman–Crippen MR) is 71.3 cm³/mol. The number of aliphatic hydroxyl groups is 1. The maximum absolute atomic E-state index is 10.1. The lowest BCUT2D eigenvalue weighted by molar-refractivity contribution is 0.144. The minimum atomic E-state index is -0.544. The second-order valence-electron chi connectivity index (χ2n) is 4.93. The molecular weight excluding hydrogens is 212 g/mol. The van der Waals surface area contributed by atoms with E-state index in [1.54, 1.807) is 0 Å². The summed E-state index contributed by atoms with van der Waals surface area (Å²) in [4.78, 5) is 2.27. The Morgan fingerprint density at radius 3 is 2.94 bits per heavy atom. The van der Waals surface area contributed by atoms with Crippen LogP contribution in [-0.2, 0) is 6.42 Å². The SMILES string of the molecule is CCC(N)C(O)c1ccc2c(c1)CCCN2C. The molecule has 0 saturated carbocycles. The molecule has 0 radical (unpaired) electrons. The van der Waals surface area contributed by atoms with Gasteiger partial charge in [-0.15, -0.1) is 0 Å². The van der Waals surface area contributed by atoms with E-state index in [0.29, 0.717) is 0 Å². The molecule has 3 heteroatoms. The largest absolute Gasteiger partial charge is 0.387 e. The van der Waals surface area contributed by atoms with Crippen molar-refractivity contribution in [3.05, 3.63) is 29.3 Å². The van der Waals surface area contributed by atoms with Gasteiger partial charge in [-0.2, -0.15) is 0 Å². The first kappa shape index (κ1) is 12.4. The van der Waals surface area contributed by atoms with E-state index >= 15 is 0 Å². The standard InChI is InChI=1S/C14H22N2O/c1-3-12(15)14(17)11-6-7-13-10(9-11)5-4-8-16(13)2/h6-7,9,12,14,17H,3-5,8,15H2,1-2H3. The number of aliphatic hydroxyl groups excluding tert-OH is 1. The van der Waals surface area contributed by atoms with Crippen LogP contribution in [0.2, 0.25) is 0 Å². The highest BCUT2D eigenvalue weighted by atomic mass is 16.3. The predicted octanol–water partition coefficient (Wildman–Crippen LogP) is 1.84. The zero-order valence-electron chi connectivity index (χ0n) is 10.7. The van der Waals surface area contributed by atoms with E-state index in [1.807, 2.05) is 13.0 Å². The highest BCUT2D eigenvalue weighted by Crippen LogP contribution is 2.29. The van der Waals surface area contributed by atoms with E-state index in [2.05, 4.69) is 24.1 Å². The van der Waals surface area contributed by atoms with Gasteiger partial charge in [-0.05, 0) is 36.5 Å². The lowest BCUT2D eigenvalue weighted by atomic mass is 9.94. The topological polar surface area (TPSA) is 49.5 Å². The molecule has 1 heterocycles. The van der Waals surface area contributed by atoms with Crippen LogP contribution in [0.25, 0.3) is 0 Å². The van der Waals surface area contributed by atoms with Gasteiger partial charge in [0.2, 0.25) is 0 Å². The fraction of sp³-hybridized carbons (Fsp3) is 0.571. The first-order chi connectivity index (χ1) is 8.13. The van der Waals surface area contributed by atoms with Crippen molar-refractivity contribution in [2.24, 2.45) is 5.73 Å².